The molecule has 2 unspecified atom stereocenters. The summed E-state index contributed by atoms with van der Waals surface area (Å²) >= 11 is 0. The van der Waals surface area contributed by atoms with Crippen molar-refractivity contribution in [3.8, 4) is 11.5 Å². The minimum absolute atomic E-state index is 0.0607. The molecule has 0 spiro atoms. The van der Waals surface area contributed by atoms with Gasteiger partial charge in [0.2, 0.25) is 0 Å². The number of fused-ring (bicyclic) bond motifs is 3. The molecule has 3 rings (SSSR count). The highest BCUT2D eigenvalue weighted by Gasteiger charge is 2.58. The Bertz CT molecular complexity index is 647. The summed E-state index contributed by atoms with van der Waals surface area (Å²) in [6.45, 7) is 12.4. The van der Waals surface area contributed by atoms with Crippen molar-refractivity contribution in [1.82, 2.24) is 0 Å². The number of aryl methyl sites for hydroxylation is 1. The van der Waals surface area contributed by atoms with Gasteiger partial charge in [-0.15, -0.1) is 0 Å². The zero-order valence-corrected chi connectivity index (χ0v) is 14.6. The van der Waals surface area contributed by atoms with Crippen LogP contribution in [0.2, 0.25) is 0 Å². The van der Waals surface area contributed by atoms with Gasteiger partial charge in [0.25, 0.3) is 0 Å². The maximum absolute atomic E-state index is 10.9. The highest BCUT2D eigenvalue weighted by Crippen LogP contribution is 2.61. The van der Waals surface area contributed by atoms with Crippen LogP contribution < -0.4 is 4.74 Å². The second kappa shape index (κ2) is 5.27. The molecule has 1 fully saturated rings. The van der Waals surface area contributed by atoms with Crippen LogP contribution in [0.3, 0.4) is 0 Å². The minimum atomic E-state index is -0.893. The molecule has 1 aliphatic carbocycles. The molecule has 3 nitrogen and oxygen atoms in total. The summed E-state index contributed by atoms with van der Waals surface area (Å²) in [5.41, 5.74) is 1.94. The van der Waals surface area contributed by atoms with Gasteiger partial charge in [-0.25, -0.2) is 0 Å². The molecule has 1 aromatic carbocycles. The first-order valence-electron chi connectivity index (χ1n) is 8.61. The molecule has 2 N–H and O–H groups in total. The van der Waals surface area contributed by atoms with Gasteiger partial charge in [0.1, 0.15) is 17.6 Å². The van der Waals surface area contributed by atoms with Crippen molar-refractivity contribution in [2.45, 2.75) is 71.0 Å². The molecule has 1 heterocycles. The zero-order chi connectivity index (χ0) is 17.0. The second-order valence-corrected chi connectivity index (χ2v) is 7.85. The lowest BCUT2D eigenvalue weighted by molar-refractivity contribution is -0.0990. The van der Waals surface area contributed by atoms with Crippen LogP contribution in [0.1, 0.15) is 64.0 Å². The lowest BCUT2D eigenvalue weighted by atomic mass is 9.57. The molecular weight excluding hydrogens is 288 g/mol. The van der Waals surface area contributed by atoms with Crippen LogP contribution in [-0.4, -0.2) is 21.9 Å². The van der Waals surface area contributed by atoms with Gasteiger partial charge in [0, 0.05) is 11.5 Å². The average molecular weight is 316 g/mol. The predicted octanol–water partition coefficient (Wildman–Crippen LogP) is 4.32. The highest BCUT2D eigenvalue weighted by atomic mass is 16.5. The molecule has 1 saturated carbocycles. The monoisotopic (exact) mass is 316 g/mol. The van der Waals surface area contributed by atoms with Crippen molar-refractivity contribution in [3.05, 3.63) is 35.4 Å². The maximum Gasteiger partial charge on any atom is 0.135 e. The second-order valence-electron chi connectivity index (χ2n) is 7.85. The van der Waals surface area contributed by atoms with Gasteiger partial charge in [0.15, 0.2) is 0 Å². The third kappa shape index (κ3) is 2.37. The van der Waals surface area contributed by atoms with Crippen molar-refractivity contribution >= 4 is 0 Å². The van der Waals surface area contributed by atoms with Crippen molar-refractivity contribution in [3.63, 3.8) is 0 Å². The van der Waals surface area contributed by atoms with E-state index in [2.05, 4.69) is 20.4 Å². The molecule has 0 aromatic heterocycles. The van der Waals surface area contributed by atoms with Crippen LogP contribution in [0.5, 0.6) is 11.5 Å². The first kappa shape index (κ1) is 16.4. The Morgan fingerprint density at radius 1 is 1.35 bits per heavy atom. The summed E-state index contributed by atoms with van der Waals surface area (Å²) in [4.78, 5) is 0. The molecule has 1 aliphatic heterocycles. The molecule has 0 radical (unpaired) electrons. The molecule has 2 aliphatic rings. The molecule has 3 heteroatoms. The predicted molar refractivity (Wildman–Crippen MR) is 92.0 cm³/mol. The summed E-state index contributed by atoms with van der Waals surface area (Å²) in [6.07, 6.45) is 3.11. The summed E-state index contributed by atoms with van der Waals surface area (Å²) in [6, 6.07) is 3.89. The maximum atomic E-state index is 10.9. The van der Waals surface area contributed by atoms with E-state index >= 15 is 0 Å². The van der Waals surface area contributed by atoms with Gasteiger partial charge in [-0.1, -0.05) is 32.4 Å². The fourth-order valence-electron chi connectivity index (χ4n) is 4.29. The molecule has 0 bridgehead atoms. The number of aromatic hydroxyl groups is 1. The largest absolute Gasteiger partial charge is 0.508 e. The summed E-state index contributed by atoms with van der Waals surface area (Å²) in [5, 5.41) is 21.5. The number of phenols is 1. The van der Waals surface area contributed by atoms with Crippen molar-refractivity contribution in [1.29, 1.82) is 0 Å². The number of hydrogen-bond acceptors (Lipinski definition) is 3. The first-order chi connectivity index (χ1) is 10.7. The third-order valence-corrected chi connectivity index (χ3v) is 6.01. The number of rotatable bonds is 3. The van der Waals surface area contributed by atoms with Crippen molar-refractivity contribution < 1.29 is 14.9 Å². The van der Waals surface area contributed by atoms with Gasteiger partial charge in [-0.2, -0.15) is 0 Å². The van der Waals surface area contributed by atoms with Crippen molar-refractivity contribution in [2.75, 3.05) is 0 Å². The topological polar surface area (TPSA) is 49.7 Å². The van der Waals surface area contributed by atoms with Crippen LogP contribution in [0, 0.1) is 5.41 Å². The Balaban J connectivity index is 2.15. The summed E-state index contributed by atoms with van der Waals surface area (Å²) in [7, 11) is 0. The van der Waals surface area contributed by atoms with Crippen LogP contribution >= 0.6 is 0 Å². The molecule has 1 aromatic rings. The number of ether oxygens (including phenoxy) is 1. The summed E-state index contributed by atoms with van der Waals surface area (Å²) < 4.78 is 6.19. The SMILES string of the molecule is C=C(C)[C@]1(C)CC[C@](C)(O)C2Oc3cc(CCC)cc(O)c3C21. The number of benzene rings is 1. The molecule has 0 amide bonds. The minimum Gasteiger partial charge on any atom is -0.508 e. The van der Waals surface area contributed by atoms with Crippen LogP contribution in [0.4, 0.5) is 0 Å². The van der Waals surface area contributed by atoms with Gasteiger partial charge < -0.3 is 14.9 Å². The van der Waals surface area contributed by atoms with E-state index in [1.807, 2.05) is 26.0 Å². The lowest BCUT2D eigenvalue weighted by Crippen LogP contribution is -2.53. The average Bonchev–Trinajstić information content (AvgIpc) is 2.86. The van der Waals surface area contributed by atoms with Gasteiger partial charge in [0.05, 0.1) is 5.60 Å². The Morgan fingerprint density at radius 3 is 2.65 bits per heavy atom. The van der Waals surface area contributed by atoms with E-state index < -0.39 is 5.60 Å². The Hall–Kier alpha value is -1.48. The van der Waals surface area contributed by atoms with Crippen molar-refractivity contribution in [2.24, 2.45) is 5.41 Å². The fourth-order valence-corrected chi connectivity index (χ4v) is 4.29. The van der Waals surface area contributed by atoms with Gasteiger partial charge in [-0.3, -0.25) is 0 Å². The third-order valence-electron chi connectivity index (χ3n) is 6.01. The first-order valence-corrected chi connectivity index (χ1v) is 8.61. The summed E-state index contributed by atoms with van der Waals surface area (Å²) in [5.74, 6) is 0.969. The Labute approximate surface area is 139 Å². The molecule has 126 valence electrons. The van der Waals surface area contributed by atoms with Gasteiger partial charge in [-0.05, 0) is 56.2 Å². The number of hydrogen-bond donors (Lipinski definition) is 2. The van der Waals surface area contributed by atoms with Crippen LogP contribution in [0.15, 0.2) is 24.3 Å². The standard InChI is InChI=1S/C20H28O3/c1-6-7-13-10-14(21)16-15(11-13)23-18-17(16)19(4,12(2)3)8-9-20(18,5)22/h10-11,17-18,21-22H,2,6-9H2,1,3-5H3/t17?,18?,19-,20-/m0/s1. The van der Waals surface area contributed by atoms with E-state index in [0.717, 1.165) is 41.7 Å². The van der Waals surface area contributed by atoms with E-state index in [9.17, 15) is 10.2 Å². The molecule has 4 atom stereocenters. The van der Waals surface area contributed by atoms with E-state index in [0.29, 0.717) is 12.2 Å². The van der Waals surface area contributed by atoms with Crippen LogP contribution in [-0.2, 0) is 6.42 Å². The Morgan fingerprint density at radius 2 is 2.04 bits per heavy atom. The number of aliphatic hydroxyl groups is 1. The highest BCUT2D eigenvalue weighted by molar-refractivity contribution is 5.55. The smallest absolute Gasteiger partial charge is 0.135 e. The molecular formula is C20H28O3. The van der Waals surface area contributed by atoms with E-state index in [1.165, 1.54) is 0 Å². The molecule has 23 heavy (non-hydrogen) atoms. The normalized spacial score (nSPS) is 35.3. The van der Waals surface area contributed by atoms with Gasteiger partial charge >= 0.3 is 0 Å². The van der Waals surface area contributed by atoms with E-state index in [4.69, 9.17) is 4.74 Å². The number of phenolic OH excluding ortho intramolecular Hbond substituents is 1. The molecule has 0 saturated heterocycles. The Kier molecular flexibility index (Phi) is 3.75. The quantitative estimate of drug-likeness (QED) is 0.817. The zero-order valence-electron chi connectivity index (χ0n) is 14.6. The lowest BCUT2D eigenvalue weighted by Gasteiger charge is -2.49. The fraction of sp³-hybridized carbons (Fsp3) is 0.600. The number of allylic oxidation sites excluding steroid dienone is 1. The van der Waals surface area contributed by atoms with E-state index in [-0.39, 0.29) is 17.4 Å². The van der Waals surface area contributed by atoms with Crippen LogP contribution in [0.25, 0.3) is 0 Å². The van der Waals surface area contributed by atoms with E-state index in [1.54, 1.807) is 0 Å².